The quantitative estimate of drug-likeness (QED) is 0.777. The van der Waals surface area contributed by atoms with Gasteiger partial charge in [0.2, 0.25) is 0 Å². The van der Waals surface area contributed by atoms with Crippen molar-refractivity contribution in [3.05, 3.63) is 27.4 Å². The third-order valence-corrected chi connectivity index (χ3v) is 4.69. The number of aliphatic hydroxyl groups excluding tert-OH is 1. The van der Waals surface area contributed by atoms with Crippen LogP contribution in [0.15, 0.2) is 16.8 Å². The van der Waals surface area contributed by atoms with Gasteiger partial charge >= 0.3 is 5.97 Å². The fourth-order valence-corrected chi connectivity index (χ4v) is 3.39. The van der Waals surface area contributed by atoms with Crippen LogP contribution in [0.2, 0.25) is 0 Å². The molecule has 1 amide bonds. The number of amides is 1. The van der Waals surface area contributed by atoms with Crippen LogP contribution < -0.4 is 5.32 Å². The van der Waals surface area contributed by atoms with Gasteiger partial charge in [-0.2, -0.15) is 11.3 Å². The molecule has 2 heterocycles. The summed E-state index contributed by atoms with van der Waals surface area (Å²) in [7, 11) is 0. The number of carboxylic acid groups (broad SMARTS) is 1. The number of aromatic nitrogens is 1. The van der Waals surface area contributed by atoms with E-state index in [1.54, 1.807) is 6.92 Å². The molecule has 0 fully saturated rings. The molecule has 0 bridgehead atoms. The van der Waals surface area contributed by atoms with Crippen LogP contribution in [0.4, 0.5) is 0 Å². The summed E-state index contributed by atoms with van der Waals surface area (Å²) in [5.41, 5.74) is 1.46. The third-order valence-electron chi connectivity index (χ3n) is 2.81. The average Bonchev–Trinajstić information content (AvgIpc) is 3.03. The summed E-state index contributed by atoms with van der Waals surface area (Å²) in [6.45, 7) is 3.01. The number of hydrogen-bond acceptors (Lipinski definition) is 6. The summed E-state index contributed by atoms with van der Waals surface area (Å²) in [6.07, 6.45) is -1.18. The highest BCUT2D eigenvalue weighted by Gasteiger charge is 2.27. The second-order valence-corrected chi connectivity index (χ2v) is 6.25. The van der Waals surface area contributed by atoms with Gasteiger partial charge in [-0.1, -0.05) is 0 Å². The van der Waals surface area contributed by atoms with Crippen molar-refractivity contribution in [1.29, 1.82) is 0 Å². The highest BCUT2D eigenvalue weighted by atomic mass is 32.1. The molecule has 2 rings (SSSR count). The van der Waals surface area contributed by atoms with Gasteiger partial charge in [-0.05, 0) is 25.3 Å². The Labute approximate surface area is 129 Å². The number of nitrogens with zero attached hydrogens (tertiary/aromatic N) is 1. The zero-order valence-electron chi connectivity index (χ0n) is 11.4. The minimum Gasteiger partial charge on any atom is -0.480 e. The van der Waals surface area contributed by atoms with Gasteiger partial charge in [0.15, 0.2) is 6.04 Å². The molecule has 0 radical (unpaired) electrons. The number of aryl methyl sites for hydroxylation is 1. The van der Waals surface area contributed by atoms with Crippen molar-refractivity contribution < 1.29 is 19.8 Å². The van der Waals surface area contributed by atoms with Crippen molar-refractivity contribution in [2.75, 3.05) is 0 Å². The molecular weight excluding hydrogens is 312 g/mol. The third kappa shape index (κ3) is 3.46. The Hall–Kier alpha value is -1.77. The number of carbonyl (C=O) groups excluding carboxylic acids is 1. The number of thiazole rings is 1. The molecular formula is C13H14N2O4S2. The van der Waals surface area contributed by atoms with E-state index in [0.29, 0.717) is 15.6 Å². The molecule has 0 aromatic carbocycles. The Kier molecular flexibility index (Phi) is 4.71. The molecule has 2 atom stereocenters. The summed E-state index contributed by atoms with van der Waals surface area (Å²) < 4.78 is 0. The van der Waals surface area contributed by atoms with E-state index in [4.69, 9.17) is 5.11 Å². The van der Waals surface area contributed by atoms with E-state index < -0.39 is 24.0 Å². The molecule has 2 aromatic heterocycles. The lowest BCUT2D eigenvalue weighted by Crippen LogP contribution is -2.47. The zero-order valence-corrected chi connectivity index (χ0v) is 13.0. The maximum Gasteiger partial charge on any atom is 0.328 e. The van der Waals surface area contributed by atoms with Crippen LogP contribution >= 0.6 is 22.7 Å². The molecule has 21 heavy (non-hydrogen) atoms. The Balaban J connectivity index is 2.22. The average molecular weight is 326 g/mol. The van der Waals surface area contributed by atoms with Crippen molar-refractivity contribution in [3.8, 4) is 10.6 Å². The van der Waals surface area contributed by atoms with Crippen LogP contribution in [-0.4, -0.2) is 39.2 Å². The first-order chi connectivity index (χ1) is 9.90. The van der Waals surface area contributed by atoms with Crippen molar-refractivity contribution in [3.63, 3.8) is 0 Å². The fraction of sp³-hybridized carbons (Fsp3) is 0.308. The van der Waals surface area contributed by atoms with Crippen LogP contribution in [0, 0.1) is 6.92 Å². The number of carboxylic acids is 1. The molecule has 0 spiro atoms. The Bertz CT molecular complexity index is 649. The van der Waals surface area contributed by atoms with E-state index in [9.17, 15) is 14.7 Å². The van der Waals surface area contributed by atoms with Crippen LogP contribution in [0.1, 0.15) is 22.3 Å². The van der Waals surface area contributed by atoms with Gasteiger partial charge in [-0.25, -0.2) is 9.78 Å². The van der Waals surface area contributed by atoms with Crippen LogP contribution in [0.25, 0.3) is 10.6 Å². The van der Waals surface area contributed by atoms with Crippen molar-refractivity contribution in [1.82, 2.24) is 10.3 Å². The molecule has 6 nitrogen and oxygen atoms in total. The van der Waals surface area contributed by atoms with Crippen LogP contribution in [-0.2, 0) is 4.79 Å². The first kappa shape index (κ1) is 15.6. The second kappa shape index (κ2) is 6.33. The van der Waals surface area contributed by atoms with Gasteiger partial charge in [0.25, 0.3) is 5.91 Å². The maximum atomic E-state index is 12.2. The highest BCUT2D eigenvalue weighted by Crippen LogP contribution is 2.29. The molecule has 112 valence electrons. The molecule has 2 unspecified atom stereocenters. The van der Waals surface area contributed by atoms with Crippen LogP contribution in [0.3, 0.4) is 0 Å². The predicted molar refractivity (Wildman–Crippen MR) is 80.7 cm³/mol. The number of hydrogen-bond donors (Lipinski definition) is 3. The summed E-state index contributed by atoms with van der Waals surface area (Å²) in [5, 5.41) is 25.2. The molecule has 0 aliphatic carbocycles. The largest absolute Gasteiger partial charge is 0.480 e. The molecule has 0 aliphatic heterocycles. The standard InChI is InChI=1S/C13H14N2O4S2/c1-6-10(11(17)15-9(7(2)16)13(18)19)21-12(14-6)8-3-4-20-5-8/h3-5,7,9,16H,1-2H3,(H,15,17)(H,18,19). The topological polar surface area (TPSA) is 99.5 Å². The first-order valence-electron chi connectivity index (χ1n) is 6.12. The van der Waals surface area contributed by atoms with E-state index in [1.165, 1.54) is 29.6 Å². The van der Waals surface area contributed by atoms with E-state index in [1.807, 2.05) is 16.8 Å². The Morgan fingerprint density at radius 1 is 1.43 bits per heavy atom. The Morgan fingerprint density at radius 2 is 2.14 bits per heavy atom. The fourth-order valence-electron chi connectivity index (χ4n) is 1.71. The predicted octanol–water partition coefficient (Wildman–Crippen LogP) is 1.74. The number of thiophene rings is 1. The van der Waals surface area contributed by atoms with Crippen molar-refractivity contribution >= 4 is 34.6 Å². The lowest BCUT2D eigenvalue weighted by atomic mass is 10.2. The lowest BCUT2D eigenvalue weighted by molar-refractivity contribution is -0.141. The minimum atomic E-state index is -1.34. The van der Waals surface area contributed by atoms with Gasteiger partial charge < -0.3 is 15.5 Å². The number of rotatable bonds is 5. The zero-order chi connectivity index (χ0) is 15.6. The van der Waals surface area contributed by atoms with Gasteiger partial charge in [0, 0.05) is 10.9 Å². The van der Waals surface area contributed by atoms with E-state index in [2.05, 4.69) is 10.3 Å². The summed E-state index contributed by atoms with van der Waals surface area (Å²) in [6, 6.07) is 0.559. The monoisotopic (exact) mass is 326 g/mol. The summed E-state index contributed by atoms with van der Waals surface area (Å²) in [5.74, 6) is -1.82. The number of aliphatic carboxylic acids is 1. The lowest BCUT2D eigenvalue weighted by Gasteiger charge is -2.16. The smallest absolute Gasteiger partial charge is 0.328 e. The van der Waals surface area contributed by atoms with E-state index >= 15 is 0 Å². The maximum absolute atomic E-state index is 12.2. The normalized spacial score (nSPS) is 13.7. The van der Waals surface area contributed by atoms with Crippen LogP contribution in [0.5, 0.6) is 0 Å². The van der Waals surface area contributed by atoms with E-state index in [-0.39, 0.29) is 0 Å². The number of carbonyl (C=O) groups is 2. The second-order valence-electron chi connectivity index (χ2n) is 4.48. The molecule has 0 aliphatic rings. The molecule has 3 N–H and O–H groups in total. The highest BCUT2D eigenvalue weighted by molar-refractivity contribution is 7.17. The molecule has 0 saturated heterocycles. The van der Waals surface area contributed by atoms with Gasteiger partial charge in [-0.3, -0.25) is 4.79 Å². The van der Waals surface area contributed by atoms with E-state index in [0.717, 1.165) is 5.56 Å². The molecule has 2 aromatic rings. The molecule has 8 heteroatoms. The molecule has 0 saturated carbocycles. The first-order valence-corrected chi connectivity index (χ1v) is 7.87. The SMILES string of the molecule is Cc1nc(-c2ccsc2)sc1C(=O)NC(C(=O)O)C(C)O. The minimum absolute atomic E-state index is 0.350. The van der Waals surface area contributed by atoms with Gasteiger partial charge in [-0.15, -0.1) is 11.3 Å². The summed E-state index contributed by atoms with van der Waals surface area (Å²) >= 11 is 2.73. The van der Waals surface area contributed by atoms with Crippen molar-refractivity contribution in [2.24, 2.45) is 0 Å². The Morgan fingerprint density at radius 3 is 2.67 bits per heavy atom. The van der Waals surface area contributed by atoms with Gasteiger partial charge in [0.1, 0.15) is 9.88 Å². The number of nitrogens with one attached hydrogen (secondary N) is 1. The van der Waals surface area contributed by atoms with Gasteiger partial charge in [0.05, 0.1) is 11.8 Å². The van der Waals surface area contributed by atoms with Crippen molar-refractivity contribution in [2.45, 2.75) is 26.0 Å². The number of aliphatic hydroxyl groups is 1. The summed E-state index contributed by atoms with van der Waals surface area (Å²) in [4.78, 5) is 27.8.